The Balaban J connectivity index is 1.95. The molecule has 29 heavy (non-hydrogen) atoms. The lowest BCUT2D eigenvalue weighted by Crippen LogP contribution is -2.46. The van der Waals surface area contributed by atoms with Crippen LogP contribution >= 0.6 is 0 Å². The van der Waals surface area contributed by atoms with Gasteiger partial charge in [-0.2, -0.15) is 13.2 Å². The summed E-state index contributed by atoms with van der Waals surface area (Å²) in [6, 6.07) is 6.55. The van der Waals surface area contributed by atoms with Crippen LogP contribution in [0.5, 0.6) is 5.75 Å². The number of benzene rings is 1. The van der Waals surface area contributed by atoms with E-state index in [2.05, 4.69) is 20.5 Å². The van der Waals surface area contributed by atoms with E-state index in [4.69, 9.17) is 4.74 Å². The Labute approximate surface area is 169 Å². The molecule has 0 atom stereocenters. The summed E-state index contributed by atoms with van der Waals surface area (Å²) >= 11 is 0. The second-order valence-electron chi connectivity index (χ2n) is 7.03. The molecule has 1 amide bonds. The number of ether oxygens (including phenoxy) is 1. The van der Waals surface area contributed by atoms with E-state index in [1.807, 2.05) is 13.0 Å². The Morgan fingerprint density at radius 3 is 2.66 bits per heavy atom. The molecular weight excluding hydrogens is 385 g/mol. The van der Waals surface area contributed by atoms with Crippen LogP contribution < -0.4 is 15.4 Å². The van der Waals surface area contributed by atoms with Gasteiger partial charge in [0.15, 0.2) is 12.6 Å². The lowest BCUT2D eigenvalue weighted by molar-refractivity contribution is -0.153. The van der Waals surface area contributed by atoms with E-state index in [9.17, 15) is 18.0 Å². The van der Waals surface area contributed by atoms with Crippen LogP contribution in [0.25, 0.3) is 0 Å². The molecule has 1 aliphatic heterocycles. The van der Waals surface area contributed by atoms with Gasteiger partial charge in [-0.3, -0.25) is 4.79 Å². The van der Waals surface area contributed by atoms with Crippen molar-refractivity contribution < 1.29 is 22.7 Å². The van der Waals surface area contributed by atoms with Crippen molar-refractivity contribution in [2.75, 3.05) is 33.3 Å². The number of likely N-dealkylation sites (tertiary alicyclic amines) is 1. The Hall–Kier alpha value is -2.45. The number of alkyl halides is 3. The normalized spacial score (nSPS) is 15.9. The van der Waals surface area contributed by atoms with Gasteiger partial charge in [0.25, 0.3) is 0 Å². The third-order valence-electron chi connectivity index (χ3n) is 4.71. The molecule has 1 saturated heterocycles. The van der Waals surface area contributed by atoms with Crippen molar-refractivity contribution in [2.24, 2.45) is 10.9 Å². The van der Waals surface area contributed by atoms with Crippen molar-refractivity contribution in [2.45, 2.75) is 38.9 Å². The van der Waals surface area contributed by atoms with Gasteiger partial charge < -0.3 is 20.3 Å². The molecule has 1 aliphatic rings. The predicted molar refractivity (Wildman–Crippen MR) is 106 cm³/mol. The number of guanidine groups is 1. The number of nitrogens with zero attached hydrogens (tertiary/aromatic N) is 2. The zero-order valence-corrected chi connectivity index (χ0v) is 16.9. The van der Waals surface area contributed by atoms with Crippen molar-refractivity contribution >= 4 is 11.9 Å². The molecule has 0 spiro atoms. The zero-order valence-electron chi connectivity index (χ0n) is 16.9. The van der Waals surface area contributed by atoms with Crippen LogP contribution in [0.2, 0.25) is 0 Å². The average molecular weight is 414 g/mol. The molecule has 0 saturated carbocycles. The molecule has 162 valence electrons. The maximum absolute atomic E-state index is 12.3. The first-order chi connectivity index (χ1) is 13.8. The maximum atomic E-state index is 12.3. The highest BCUT2D eigenvalue weighted by atomic mass is 19.4. The molecule has 0 radical (unpaired) electrons. The first-order valence-electron chi connectivity index (χ1n) is 9.83. The van der Waals surface area contributed by atoms with Crippen molar-refractivity contribution in [1.82, 2.24) is 15.5 Å². The minimum absolute atomic E-state index is 0.0663. The van der Waals surface area contributed by atoms with Gasteiger partial charge in [-0.1, -0.05) is 12.1 Å². The second kappa shape index (κ2) is 10.9. The highest BCUT2D eigenvalue weighted by molar-refractivity contribution is 5.80. The fourth-order valence-electron chi connectivity index (χ4n) is 3.20. The molecule has 1 aromatic carbocycles. The van der Waals surface area contributed by atoms with E-state index in [0.29, 0.717) is 25.4 Å². The smallest absolute Gasteiger partial charge is 0.422 e. The molecule has 0 aliphatic carbocycles. The standard InChI is InChI=1S/C20H29F3N4O2/c1-3-25-19(27-9-7-15(8-10-27)12-18(28)24-2)26-13-16-5-4-6-17(11-16)29-14-20(21,22)23/h4-6,11,15H,3,7-10,12-14H2,1-2H3,(H,24,28)(H,25,26). The van der Waals surface area contributed by atoms with Crippen LogP contribution in [0.4, 0.5) is 13.2 Å². The largest absolute Gasteiger partial charge is 0.484 e. The highest BCUT2D eigenvalue weighted by Gasteiger charge is 2.28. The van der Waals surface area contributed by atoms with E-state index in [-0.39, 0.29) is 11.7 Å². The summed E-state index contributed by atoms with van der Waals surface area (Å²) in [4.78, 5) is 18.3. The molecule has 9 heteroatoms. The van der Waals surface area contributed by atoms with Gasteiger partial charge in [0.1, 0.15) is 5.75 Å². The molecule has 0 bridgehead atoms. The Morgan fingerprint density at radius 1 is 1.31 bits per heavy atom. The molecule has 2 N–H and O–H groups in total. The zero-order chi connectivity index (χ0) is 21.3. The van der Waals surface area contributed by atoms with Gasteiger partial charge in [0.2, 0.25) is 5.91 Å². The number of hydrogen-bond donors (Lipinski definition) is 2. The molecule has 1 aromatic rings. The van der Waals surface area contributed by atoms with Gasteiger partial charge in [-0.25, -0.2) is 4.99 Å². The number of carbonyl (C=O) groups excluding carboxylic acids is 1. The van der Waals surface area contributed by atoms with Crippen molar-refractivity contribution in [3.63, 3.8) is 0 Å². The third kappa shape index (κ3) is 8.21. The highest BCUT2D eigenvalue weighted by Crippen LogP contribution is 2.22. The van der Waals surface area contributed by atoms with Gasteiger partial charge in [0.05, 0.1) is 6.54 Å². The molecule has 1 fully saturated rings. The Bertz CT molecular complexity index is 687. The predicted octanol–water partition coefficient (Wildman–Crippen LogP) is 2.94. The summed E-state index contributed by atoms with van der Waals surface area (Å²) in [7, 11) is 1.65. The summed E-state index contributed by atoms with van der Waals surface area (Å²) in [5.41, 5.74) is 0.773. The average Bonchev–Trinajstić information content (AvgIpc) is 2.70. The van der Waals surface area contributed by atoms with Crippen LogP contribution in [0.1, 0.15) is 31.7 Å². The van der Waals surface area contributed by atoms with E-state index in [0.717, 1.165) is 37.5 Å². The quantitative estimate of drug-likeness (QED) is 0.532. The number of nitrogens with one attached hydrogen (secondary N) is 2. The topological polar surface area (TPSA) is 66.0 Å². The van der Waals surface area contributed by atoms with Crippen LogP contribution in [-0.4, -0.2) is 56.2 Å². The fraction of sp³-hybridized carbons (Fsp3) is 0.600. The molecule has 0 unspecified atom stereocenters. The minimum Gasteiger partial charge on any atom is -0.484 e. The van der Waals surface area contributed by atoms with E-state index in [1.165, 1.54) is 6.07 Å². The minimum atomic E-state index is -4.36. The summed E-state index contributed by atoms with van der Waals surface area (Å²) in [5, 5.41) is 5.93. The maximum Gasteiger partial charge on any atom is 0.422 e. The third-order valence-corrected chi connectivity index (χ3v) is 4.71. The number of amides is 1. The fourth-order valence-corrected chi connectivity index (χ4v) is 3.20. The number of aliphatic imine (C=N–C) groups is 1. The van der Waals surface area contributed by atoms with E-state index < -0.39 is 12.8 Å². The summed E-state index contributed by atoms with van der Waals surface area (Å²) < 4.78 is 41.8. The number of halogens is 3. The summed E-state index contributed by atoms with van der Waals surface area (Å²) in [5.74, 6) is 1.38. The van der Waals surface area contributed by atoms with Gasteiger partial charge in [0, 0.05) is 33.1 Å². The summed E-state index contributed by atoms with van der Waals surface area (Å²) in [6.45, 7) is 3.34. The number of piperidine rings is 1. The second-order valence-corrected chi connectivity index (χ2v) is 7.03. The SMILES string of the molecule is CCNC(=NCc1cccc(OCC(F)(F)F)c1)N1CCC(CC(=O)NC)CC1. The van der Waals surface area contributed by atoms with Gasteiger partial charge >= 0.3 is 6.18 Å². The van der Waals surface area contributed by atoms with Crippen LogP contribution in [0, 0.1) is 5.92 Å². The lowest BCUT2D eigenvalue weighted by Gasteiger charge is -2.34. The lowest BCUT2D eigenvalue weighted by atomic mass is 9.93. The Kier molecular flexibility index (Phi) is 8.60. The van der Waals surface area contributed by atoms with Gasteiger partial charge in [-0.15, -0.1) is 0 Å². The van der Waals surface area contributed by atoms with Crippen molar-refractivity contribution in [3.05, 3.63) is 29.8 Å². The van der Waals surface area contributed by atoms with E-state index >= 15 is 0 Å². The molecular formula is C20H29F3N4O2. The number of carbonyl (C=O) groups is 1. The molecule has 1 heterocycles. The molecule has 0 aromatic heterocycles. The monoisotopic (exact) mass is 414 g/mol. The Morgan fingerprint density at radius 2 is 2.03 bits per heavy atom. The summed E-state index contributed by atoms with van der Waals surface area (Å²) in [6.07, 6.45) is -1.99. The molecule has 2 rings (SSSR count). The number of rotatable bonds is 7. The van der Waals surface area contributed by atoms with Crippen LogP contribution in [0.3, 0.4) is 0 Å². The van der Waals surface area contributed by atoms with Crippen molar-refractivity contribution in [3.8, 4) is 5.75 Å². The van der Waals surface area contributed by atoms with Gasteiger partial charge in [-0.05, 0) is 43.4 Å². The number of hydrogen-bond acceptors (Lipinski definition) is 3. The van der Waals surface area contributed by atoms with E-state index in [1.54, 1.807) is 19.2 Å². The first kappa shape index (κ1) is 22.8. The molecule has 6 nitrogen and oxygen atoms in total. The van der Waals surface area contributed by atoms with Crippen LogP contribution in [-0.2, 0) is 11.3 Å². The van der Waals surface area contributed by atoms with Crippen LogP contribution in [0.15, 0.2) is 29.3 Å². The van der Waals surface area contributed by atoms with Crippen molar-refractivity contribution in [1.29, 1.82) is 0 Å². The first-order valence-corrected chi connectivity index (χ1v) is 9.83.